The Balaban J connectivity index is 2.60. The largest absolute Gasteiger partial charge is 0.481 e. The molecule has 0 fully saturated rings. The van der Waals surface area contributed by atoms with E-state index in [1.54, 1.807) is 13.2 Å². The fourth-order valence-electron chi connectivity index (χ4n) is 1.94. The van der Waals surface area contributed by atoms with E-state index >= 15 is 0 Å². The van der Waals surface area contributed by atoms with Gasteiger partial charge in [0.25, 0.3) is 0 Å². The molecule has 0 aromatic carbocycles. The third-order valence-corrected chi connectivity index (χ3v) is 3.11. The highest BCUT2D eigenvalue weighted by Crippen LogP contribution is 2.16. The van der Waals surface area contributed by atoms with Crippen LogP contribution < -0.4 is 10.1 Å². The number of nitrogens with zero attached hydrogens (tertiary/aromatic N) is 2. The van der Waals surface area contributed by atoms with Crippen LogP contribution in [0.4, 0.5) is 5.82 Å². The summed E-state index contributed by atoms with van der Waals surface area (Å²) in [5.74, 6) is 2.18. The van der Waals surface area contributed by atoms with Crippen molar-refractivity contribution in [3.63, 3.8) is 0 Å². The minimum atomic E-state index is -0.360. The number of nitrogens with one attached hydrogen (secondary N) is 1. The fraction of sp³-hybridized carbons (Fsp3) is 0.692. The lowest BCUT2D eigenvalue weighted by atomic mass is 9.97. The normalized spacial score (nSPS) is 12.6. The van der Waals surface area contributed by atoms with Crippen LogP contribution >= 0.6 is 0 Å². The average Bonchev–Trinajstić information content (AvgIpc) is 2.37. The Morgan fingerprint density at radius 3 is 2.56 bits per heavy atom. The summed E-state index contributed by atoms with van der Waals surface area (Å²) in [7, 11) is 1.57. The standard InChI is InChI=1S/C13H23N3O2/c1-5-10(6-2)11(17)8-14-12-7-13(18-4)16-9(3)15-12/h7,10-11,17H,5-6,8H2,1-4H3,(H,14,15,16). The van der Waals surface area contributed by atoms with E-state index in [0.29, 0.717) is 30.0 Å². The van der Waals surface area contributed by atoms with E-state index in [1.807, 2.05) is 6.92 Å². The average molecular weight is 253 g/mol. The Kier molecular flexibility index (Phi) is 5.85. The van der Waals surface area contributed by atoms with Gasteiger partial charge in [-0.15, -0.1) is 0 Å². The second-order valence-corrected chi connectivity index (χ2v) is 4.37. The molecule has 5 heteroatoms. The third kappa shape index (κ3) is 4.14. The molecule has 0 amide bonds. The molecule has 0 saturated heterocycles. The first kappa shape index (κ1) is 14.7. The number of aliphatic hydroxyl groups excluding tert-OH is 1. The van der Waals surface area contributed by atoms with Crippen molar-refractivity contribution in [3.8, 4) is 5.88 Å². The van der Waals surface area contributed by atoms with Crippen molar-refractivity contribution in [2.75, 3.05) is 19.0 Å². The van der Waals surface area contributed by atoms with E-state index in [1.165, 1.54) is 0 Å². The van der Waals surface area contributed by atoms with E-state index in [-0.39, 0.29) is 6.10 Å². The molecule has 0 bridgehead atoms. The summed E-state index contributed by atoms with van der Waals surface area (Å²) in [5, 5.41) is 13.2. The van der Waals surface area contributed by atoms with Crippen LogP contribution in [-0.2, 0) is 0 Å². The number of aromatic nitrogens is 2. The van der Waals surface area contributed by atoms with Crippen molar-refractivity contribution in [1.82, 2.24) is 9.97 Å². The molecule has 0 aliphatic carbocycles. The van der Waals surface area contributed by atoms with Gasteiger partial charge in [0.1, 0.15) is 11.6 Å². The molecular weight excluding hydrogens is 230 g/mol. The van der Waals surface area contributed by atoms with Gasteiger partial charge in [-0.1, -0.05) is 26.7 Å². The zero-order valence-corrected chi connectivity index (χ0v) is 11.6. The Morgan fingerprint density at radius 2 is 2.00 bits per heavy atom. The van der Waals surface area contributed by atoms with Gasteiger partial charge in [0, 0.05) is 12.6 Å². The summed E-state index contributed by atoms with van der Waals surface area (Å²) < 4.78 is 5.08. The minimum absolute atomic E-state index is 0.322. The number of methoxy groups -OCH3 is 1. The first-order valence-corrected chi connectivity index (χ1v) is 6.42. The summed E-state index contributed by atoms with van der Waals surface area (Å²) in [6.07, 6.45) is 1.60. The lowest BCUT2D eigenvalue weighted by Crippen LogP contribution is -2.28. The molecular formula is C13H23N3O2. The second-order valence-electron chi connectivity index (χ2n) is 4.37. The second kappa shape index (κ2) is 7.16. The smallest absolute Gasteiger partial charge is 0.218 e. The Morgan fingerprint density at radius 1 is 1.33 bits per heavy atom. The molecule has 0 aliphatic heterocycles. The number of ether oxygens (including phenoxy) is 1. The van der Waals surface area contributed by atoms with Crippen LogP contribution in [0.25, 0.3) is 0 Å². The minimum Gasteiger partial charge on any atom is -0.481 e. The first-order valence-electron chi connectivity index (χ1n) is 6.42. The van der Waals surface area contributed by atoms with E-state index in [9.17, 15) is 5.11 Å². The Hall–Kier alpha value is -1.36. The molecule has 1 rings (SSSR count). The number of aliphatic hydroxyl groups is 1. The van der Waals surface area contributed by atoms with E-state index < -0.39 is 0 Å². The lowest BCUT2D eigenvalue weighted by Gasteiger charge is -2.20. The number of aryl methyl sites for hydroxylation is 1. The topological polar surface area (TPSA) is 67.3 Å². The summed E-state index contributed by atoms with van der Waals surface area (Å²) in [4.78, 5) is 8.36. The highest BCUT2D eigenvalue weighted by Gasteiger charge is 2.15. The third-order valence-electron chi connectivity index (χ3n) is 3.11. The van der Waals surface area contributed by atoms with Gasteiger partial charge in [0.15, 0.2) is 0 Å². The molecule has 1 aromatic heterocycles. The molecule has 1 aromatic rings. The predicted molar refractivity (Wildman–Crippen MR) is 71.9 cm³/mol. The number of hydrogen-bond donors (Lipinski definition) is 2. The van der Waals surface area contributed by atoms with Crippen molar-refractivity contribution >= 4 is 5.82 Å². The molecule has 0 radical (unpaired) electrons. The van der Waals surface area contributed by atoms with Gasteiger partial charge in [0.05, 0.1) is 13.2 Å². The summed E-state index contributed by atoms with van der Waals surface area (Å²) >= 11 is 0. The monoisotopic (exact) mass is 253 g/mol. The summed E-state index contributed by atoms with van der Waals surface area (Å²) in [6, 6.07) is 1.73. The first-order chi connectivity index (χ1) is 8.60. The van der Waals surface area contributed by atoms with Gasteiger partial charge in [-0.2, -0.15) is 4.98 Å². The van der Waals surface area contributed by atoms with Crippen molar-refractivity contribution in [2.24, 2.45) is 5.92 Å². The Labute approximate surface area is 109 Å². The van der Waals surface area contributed by atoms with Crippen molar-refractivity contribution in [1.29, 1.82) is 0 Å². The van der Waals surface area contributed by atoms with Crippen molar-refractivity contribution in [3.05, 3.63) is 11.9 Å². The van der Waals surface area contributed by atoms with Crippen LogP contribution in [0.5, 0.6) is 5.88 Å². The maximum atomic E-state index is 10.0. The highest BCUT2D eigenvalue weighted by molar-refractivity contribution is 5.38. The maximum absolute atomic E-state index is 10.0. The predicted octanol–water partition coefficient (Wildman–Crippen LogP) is 2.00. The SMILES string of the molecule is CCC(CC)C(O)CNc1cc(OC)nc(C)n1. The van der Waals surface area contributed by atoms with E-state index in [2.05, 4.69) is 29.1 Å². The van der Waals surface area contributed by atoms with E-state index in [4.69, 9.17) is 4.74 Å². The van der Waals surface area contributed by atoms with Crippen LogP contribution in [0.1, 0.15) is 32.5 Å². The molecule has 1 unspecified atom stereocenters. The van der Waals surface area contributed by atoms with Crippen LogP contribution in [0, 0.1) is 12.8 Å². The van der Waals surface area contributed by atoms with Gasteiger partial charge in [-0.3, -0.25) is 0 Å². The highest BCUT2D eigenvalue weighted by atomic mass is 16.5. The van der Waals surface area contributed by atoms with Crippen LogP contribution in [0.2, 0.25) is 0 Å². The molecule has 5 nitrogen and oxygen atoms in total. The van der Waals surface area contributed by atoms with Crippen molar-refractivity contribution < 1.29 is 9.84 Å². The number of anilines is 1. The van der Waals surface area contributed by atoms with Gasteiger partial charge in [-0.25, -0.2) is 4.98 Å². The molecule has 0 spiro atoms. The van der Waals surface area contributed by atoms with Gasteiger partial charge in [-0.05, 0) is 12.8 Å². The van der Waals surface area contributed by atoms with Crippen LogP contribution in [0.15, 0.2) is 6.07 Å². The number of hydrogen-bond acceptors (Lipinski definition) is 5. The van der Waals surface area contributed by atoms with Crippen LogP contribution in [0.3, 0.4) is 0 Å². The zero-order valence-electron chi connectivity index (χ0n) is 11.6. The fourth-order valence-corrected chi connectivity index (χ4v) is 1.94. The van der Waals surface area contributed by atoms with Gasteiger partial charge >= 0.3 is 0 Å². The van der Waals surface area contributed by atoms with Crippen molar-refractivity contribution in [2.45, 2.75) is 39.7 Å². The number of rotatable bonds is 7. The Bertz CT molecular complexity index is 367. The molecule has 2 N–H and O–H groups in total. The zero-order chi connectivity index (χ0) is 13.5. The molecule has 102 valence electrons. The van der Waals surface area contributed by atoms with Crippen LogP contribution in [-0.4, -0.2) is 34.8 Å². The molecule has 1 atom stereocenters. The summed E-state index contributed by atoms with van der Waals surface area (Å²) in [5.41, 5.74) is 0. The molecule has 0 saturated carbocycles. The molecule has 18 heavy (non-hydrogen) atoms. The lowest BCUT2D eigenvalue weighted by molar-refractivity contribution is 0.114. The summed E-state index contributed by atoms with van der Waals surface area (Å²) in [6.45, 7) is 6.49. The van der Waals surface area contributed by atoms with E-state index in [0.717, 1.165) is 12.8 Å². The van der Waals surface area contributed by atoms with Gasteiger partial charge in [0.2, 0.25) is 5.88 Å². The maximum Gasteiger partial charge on any atom is 0.218 e. The quantitative estimate of drug-likeness (QED) is 0.778. The molecule has 1 heterocycles. The molecule has 0 aliphatic rings. The van der Waals surface area contributed by atoms with Gasteiger partial charge < -0.3 is 15.2 Å².